The third kappa shape index (κ3) is 3.09. The number of hydrogen-bond donors (Lipinski definition) is 1. The van der Waals surface area contributed by atoms with Gasteiger partial charge in [-0.25, -0.2) is 10.1 Å². The minimum Gasteiger partial charge on any atom is -0.266 e. The van der Waals surface area contributed by atoms with Crippen LogP contribution < -0.4 is 5.43 Å². The van der Waals surface area contributed by atoms with Crippen molar-refractivity contribution in [2.75, 3.05) is 0 Å². The molecule has 21 heavy (non-hydrogen) atoms. The van der Waals surface area contributed by atoms with Crippen LogP contribution in [0, 0.1) is 5.95 Å². The van der Waals surface area contributed by atoms with Crippen molar-refractivity contribution in [3.63, 3.8) is 0 Å². The Morgan fingerprint density at radius 2 is 2.29 bits per heavy atom. The highest BCUT2D eigenvalue weighted by molar-refractivity contribution is 5.93. The van der Waals surface area contributed by atoms with Crippen molar-refractivity contribution in [3.8, 4) is 0 Å². The molecule has 0 aliphatic heterocycles. The number of nitrogens with one attached hydrogen (secondary N) is 1. The van der Waals surface area contributed by atoms with Gasteiger partial charge in [0.25, 0.3) is 5.91 Å². The fourth-order valence-electron chi connectivity index (χ4n) is 1.56. The molecular weight excluding hydrogens is 289 g/mol. The summed E-state index contributed by atoms with van der Waals surface area (Å²) in [4.78, 5) is 11.6. The Hall–Kier alpha value is -2.65. The van der Waals surface area contributed by atoms with Gasteiger partial charge in [-0.15, -0.1) is 0 Å². The number of hydrogen-bond acceptors (Lipinski definition) is 4. The van der Waals surface area contributed by atoms with Gasteiger partial charge in [0.15, 0.2) is 0 Å². The summed E-state index contributed by atoms with van der Waals surface area (Å²) in [6, 6.07) is 1.12. The summed E-state index contributed by atoms with van der Waals surface area (Å²) in [6.45, 7) is -0.880. The van der Waals surface area contributed by atoms with Crippen molar-refractivity contribution >= 4 is 12.1 Å². The van der Waals surface area contributed by atoms with Crippen LogP contribution in [0.1, 0.15) is 29.5 Å². The van der Waals surface area contributed by atoms with Crippen molar-refractivity contribution in [3.05, 3.63) is 35.7 Å². The Balaban J connectivity index is 2.05. The van der Waals surface area contributed by atoms with Crippen molar-refractivity contribution in [1.82, 2.24) is 25.0 Å². The number of carbonyl (C=O) groups is 1. The quantitative estimate of drug-likeness (QED) is 0.669. The monoisotopic (exact) mass is 300 g/mol. The summed E-state index contributed by atoms with van der Waals surface area (Å²) in [7, 11) is 0. The molecule has 2 aromatic heterocycles. The van der Waals surface area contributed by atoms with E-state index in [1.165, 1.54) is 6.20 Å². The van der Waals surface area contributed by atoms with Crippen molar-refractivity contribution in [2.24, 2.45) is 5.10 Å². The molecule has 0 saturated carbocycles. The predicted octanol–water partition coefficient (Wildman–Crippen LogP) is 1.40. The number of amides is 1. The van der Waals surface area contributed by atoms with Crippen LogP contribution >= 0.6 is 0 Å². The first-order valence-corrected chi connectivity index (χ1v) is 5.91. The molecule has 1 N–H and O–H groups in total. The van der Waals surface area contributed by atoms with E-state index in [1.807, 2.05) is 5.43 Å². The Morgan fingerprint density at radius 3 is 2.90 bits per heavy atom. The van der Waals surface area contributed by atoms with Crippen molar-refractivity contribution in [1.29, 1.82) is 0 Å². The molecular formula is C11H11F3N6O. The molecule has 1 amide bonds. The number of aryl methyl sites for hydroxylation is 1. The lowest BCUT2D eigenvalue weighted by Gasteiger charge is -2.03. The fourth-order valence-corrected chi connectivity index (χ4v) is 1.56. The number of halogens is 3. The van der Waals surface area contributed by atoms with Gasteiger partial charge >= 0.3 is 6.55 Å². The van der Waals surface area contributed by atoms with E-state index in [9.17, 15) is 18.0 Å². The van der Waals surface area contributed by atoms with E-state index in [2.05, 4.69) is 15.3 Å². The number of hydrazone groups is 1. The summed E-state index contributed by atoms with van der Waals surface area (Å²) in [6.07, 6.45) is 3.34. The second kappa shape index (κ2) is 6.20. The maximum Gasteiger partial charge on any atom is 0.333 e. The van der Waals surface area contributed by atoms with Crippen LogP contribution in [0.5, 0.6) is 0 Å². The second-order valence-electron chi connectivity index (χ2n) is 3.84. The molecule has 0 bridgehead atoms. The van der Waals surface area contributed by atoms with Gasteiger partial charge in [0, 0.05) is 12.7 Å². The van der Waals surface area contributed by atoms with Crippen LogP contribution in [0.3, 0.4) is 0 Å². The zero-order valence-electron chi connectivity index (χ0n) is 10.9. The van der Waals surface area contributed by atoms with E-state index in [-0.39, 0.29) is 15.9 Å². The molecule has 10 heteroatoms. The Morgan fingerprint density at radius 1 is 1.52 bits per heavy atom. The van der Waals surface area contributed by atoms with Crippen molar-refractivity contribution < 1.29 is 18.0 Å². The fraction of sp³-hybridized carbons (Fsp3) is 0.273. The normalized spacial score (nSPS) is 11.5. The van der Waals surface area contributed by atoms with Crippen LogP contribution in [-0.4, -0.2) is 31.7 Å². The van der Waals surface area contributed by atoms with Gasteiger partial charge in [0.05, 0.1) is 18.0 Å². The average Bonchev–Trinajstić information content (AvgIpc) is 3.06. The van der Waals surface area contributed by atoms with E-state index < -0.39 is 18.4 Å². The summed E-state index contributed by atoms with van der Waals surface area (Å²) >= 11 is 0. The summed E-state index contributed by atoms with van der Waals surface area (Å²) in [5, 5.41) is 10.6. The van der Waals surface area contributed by atoms with Crippen LogP contribution in [0.2, 0.25) is 0 Å². The molecule has 2 rings (SSSR count). The maximum atomic E-state index is 13.6. The zero-order valence-corrected chi connectivity index (χ0v) is 10.9. The molecule has 0 aliphatic rings. The van der Waals surface area contributed by atoms with Crippen LogP contribution in [0.25, 0.3) is 0 Å². The second-order valence-corrected chi connectivity index (χ2v) is 3.84. The molecule has 0 aliphatic carbocycles. The molecule has 2 heterocycles. The summed E-state index contributed by atoms with van der Waals surface area (Å²) in [5.74, 6) is -1.49. The molecule has 0 radical (unpaired) electrons. The Bertz CT molecular complexity index is 663. The molecule has 0 atom stereocenters. The average molecular weight is 300 g/mol. The van der Waals surface area contributed by atoms with Crippen LogP contribution in [-0.2, 0) is 6.54 Å². The van der Waals surface area contributed by atoms with Gasteiger partial charge < -0.3 is 0 Å². The molecule has 0 saturated heterocycles. The van der Waals surface area contributed by atoms with Gasteiger partial charge in [-0.2, -0.15) is 33.2 Å². The minimum atomic E-state index is -2.94. The highest BCUT2D eigenvalue weighted by Gasteiger charge is 2.17. The molecule has 0 spiro atoms. The molecule has 0 unspecified atom stereocenters. The number of aromatic nitrogens is 4. The topological polar surface area (TPSA) is 77.1 Å². The van der Waals surface area contributed by atoms with Crippen LogP contribution in [0.4, 0.5) is 13.2 Å². The highest BCUT2D eigenvalue weighted by Crippen LogP contribution is 2.11. The molecule has 0 fully saturated rings. The molecule has 0 aromatic carbocycles. The largest absolute Gasteiger partial charge is 0.333 e. The van der Waals surface area contributed by atoms with Gasteiger partial charge in [-0.3, -0.25) is 4.79 Å². The van der Waals surface area contributed by atoms with E-state index >= 15 is 0 Å². The van der Waals surface area contributed by atoms with Gasteiger partial charge in [-0.05, 0) is 13.0 Å². The third-order valence-corrected chi connectivity index (χ3v) is 2.56. The van der Waals surface area contributed by atoms with E-state index in [0.29, 0.717) is 6.54 Å². The molecule has 112 valence electrons. The smallest absolute Gasteiger partial charge is 0.266 e. The first-order valence-electron chi connectivity index (χ1n) is 5.91. The van der Waals surface area contributed by atoms with Gasteiger partial charge in [-0.1, -0.05) is 0 Å². The lowest BCUT2D eigenvalue weighted by atomic mass is 10.4. The van der Waals surface area contributed by atoms with E-state index in [1.54, 1.807) is 6.92 Å². The van der Waals surface area contributed by atoms with E-state index in [0.717, 1.165) is 23.2 Å². The Labute approximate surface area is 117 Å². The summed E-state index contributed by atoms with van der Waals surface area (Å²) in [5.41, 5.74) is 1.73. The van der Waals surface area contributed by atoms with Gasteiger partial charge in [0.2, 0.25) is 5.95 Å². The van der Waals surface area contributed by atoms with Gasteiger partial charge in [0.1, 0.15) is 5.69 Å². The number of nitrogens with zero attached hydrogens (tertiary/aromatic N) is 5. The van der Waals surface area contributed by atoms with Crippen LogP contribution in [0.15, 0.2) is 23.6 Å². The first kappa shape index (κ1) is 14.8. The number of rotatable bonds is 5. The SMILES string of the molecule is CCn1ncc(C=NNC(=O)c2ccnn2C(F)F)c1F. The zero-order chi connectivity index (χ0) is 15.4. The molecule has 2 aromatic rings. The van der Waals surface area contributed by atoms with Crippen molar-refractivity contribution in [2.45, 2.75) is 20.0 Å². The maximum absolute atomic E-state index is 13.6. The molecule has 7 nitrogen and oxygen atoms in total. The Kier molecular flexibility index (Phi) is 4.36. The predicted molar refractivity (Wildman–Crippen MR) is 66.4 cm³/mol. The van der Waals surface area contributed by atoms with E-state index in [4.69, 9.17) is 0 Å². The lowest BCUT2D eigenvalue weighted by molar-refractivity contribution is 0.0510. The number of alkyl halides is 2. The minimum absolute atomic E-state index is 0.0690. The third-order valence-electron chi connectivity index (χ3n) is 2.56. The lowest BCUT2D eigenvalue weighted by Crippen LogP contribution is -2.22. The highest BCUT2D eigenvalue weighted by atomic mass is 19.3. The standard InChI is InChI=1S/C11H11F3N6O/c1-2-19-9(12)7(6-17-19)5-15-18-10(21)8-3-4-16-20(8)11(13)14/h3-6,11H,2H2,1H3,(H,18,21). The number of carbonyl (C=O) groups excluding carboxylic acids is 1. The first-order chi connectivity index (χ1) is 10.0. The summed E-state index contributed by atoms with van der Waals surface area (Å²) < 4.78 is 40.0.